The zero-order valence-electron chi connectivity index (χ0n) is 14.6. The molecule has 4 fully saturated rings. The Morgan fingerprint density at radius 3 is 2.45 bits per heavy atom. The van der Waals surface area contributed by atoms with Crippen LogP contribution in [0.4, 0.5) is 0 Å². The minimum atomic E-state index is 0.0573. The van der Waals surface area contributed by atoms with Crippen LogP contribution in [0.2, 0.25) is 0 Å². The van der Waals surface area contributed by atoms with E-state index in [1.807, 2.05) is 0 Å². The lowest BCUT2D eigenvalue weighted by atomic mass is 9.41. The van der Waals surface area contributed by atoms with Crippen molar-refractivity contribution in [3.8, 4) is 0 Å². The molecule has 0 N–H and O–H groups in total. The van der Waals surface area contributed by atoms with Crippen LogP contribution >= 0.6 is 0 Å². The van der Waals surface area contributed by atoms with E-state index in [1.165, 1.54) is 19.3 Å². The molecule has 6 atom stereocenters. The fourth-order valence-corrected chi connectivity index (χ4v) is 7.75. The first-order valence-electron chi connectivity index (χ1n) is 9.22. The lowest BCUT2D eigenvalue weighted by Crippen LogP contribution is -2.58. The molecule has 2 nitrogen and oxygen atoms in total. The second kappa shape index (κ2) is 4.24. The zero-order valence-corrected chi connectivity index (χ0v) is 14.6. The Morgan fingerprint density at radius 2 is 1.73 bits per heavy atom. The number of carbonyl (C=O) groups excluding carboxylic acids is 2. The maximum absolute atomic E-state index is 12.7. The minimum Gasteiger partial charge on any atom is -0.300 e. The quantitative estimate of drug-likeness (QED) is 0.664. The molecule has 0 amide bonds. The molecule has 6 unspecified atom stereocenters. The van der Waals surface area contributed by atoms with E-state index in [1.54, 1.807) is 0 Å². The van der Waals surface area contributed by atoms with Gasteiger partial charge < -0.3 is 0 Å². The first kappa shape index (κ1) is 14.9. The second-order valence-electron chi connectivity index (χ2n) is 10.1. The van der Waals surface area contributed by atoms with E-state index in [9.17, 15) is 9.59 Å². The molecule has 4 aliphatic carbocycles. The highest BCUT2D eigenvalue weighted by atomic mass is 16.1. The first-order valence-corrected chi connectivity index (χ1v) is 9.22. The van der Waals surface area contributed by atoms with Crippen LogP contribution < -0.4 is 0 Å². The van der Waals surface area contributed by atoms with Crippen molar-refractivity contribution in [1.82, 2.24) is 0 Å². The van der Waals surface area contributed by atoms with Gasteiger partial charge in [-0.2, -0.15) is 0 Å². The molecule has 0 aromatic carbocycles. The fraction of sp³-hybridized carbons (Fsp3) is 0.900. The van der Waals surface area contributed by atoms with Crippen LogP contribution in [0.1, 0.15) is 72.6 Å². The van der Waals surface area contributed by atoms with E-state index < -0.39 is 0 Å². The van der Waals surface area contributed by atoms with Crippen molar-refractivity contribution in [2.24, 2.45) is 39.9 Å². The predicted octanol–water partition coefficient (Wildman–Crippen LogP) is 4.41. The van der Waals surface area contributed by atoms with Crippen LogP contribution in [-0.4, -0.2) is 11.6 Å². The van der Waals surface area contributed by atoms with Crippen molar-refractivity contribution in [1.29, 1.82) is 0 Å². The summed E-state index contributed by atoms with van der Waals surface area (Å²) in [5.74, 6) is 2.88. The Balaban J connectivity index is 1.79. The van der Waals surface area contributed by atoms with E-state index in [-0.39, 0.29) is 10.8 Å². The lowest BCUT2D eigenvalue weighted by molar-refractivity contribution is -0.166. The number of Topliss-reactive ketones (excluding diaryl/α,β-unsaturated/α-hetero) is 2. The van der Waals surface area contributed by atoms with Crippen LogP contribution in [0, 0.1) is 39.9 Å². The van der Waals surface area contributed by atoms with E-state index >= 15 is 0 Å². The SMILES string of the molecule is CC1CC23CCC4C(C)(C)CC(=O)CC4(C)C2CC(=O)C1C3. The highest BCUT2D eigenvalue weighted by Gasteiger charge is 2.66. The monoisotopic (exact) mass is 302 g/mol. The molecule has 1 spiro atoms. The number of ketones is 2. The van der Waals surface area contributed by atoms with E-state index in [4.69, 9.17) is 0 Å². The molecular formula is C20H30O2. The van der Waals surface area contributed by atoms with Gasteiger partial charge in [0.15, 0.2) is 0 Å². The van der Waals surface area contributed by atoms with Crippen molar-refractivity contribution >= 4 is 11.6 Å². The van der Waals surface area contributed by atoms with Gasteiger partial charge in [0, 0.05) is 25.2 Å². The lowest BCUT2D eigenvalue weighted by Gasteiger charge is -2.63. The summed E-state index contributed by atoms with van der Waals surface area (Å²) in [5.41, 5.74) is 0.536. The number of fused-ring (bicyclic) bond motifs is 3. The highest BCUT2D eigenvalue weighted by Crippen LogP contribution is 2.71. The summed E-state index contributed by atoms with van der Waals surface area (Å²) in [7, 11) is 0. The van der Waals surface area contributed by atoms with Gasteiger partial charge in [-0.25, -0.2) is 0 Å². The average Bonchev–Trinajstić information content (AvgIpc) is 2.64. The third-order valence-electron chi connectivity index (χ3n) is 8.30. The molecule has 0 heterocycles. The van der Waals surface area contributed by atoms with Crippen molar-refractivity contribution in [2.75, 3.05) is 0 Å². The van der Waals surface area contributed by atoms with Gasteiger partial charge in [-0.1, -0.05) is 27.7 Å². The molecule has 22 heavy (non-hydrogen) atoms. The maximum atomic E-state index is 12.7. The van der Waals surface area contributed by atoms with Gasteiger partial charge in [0.25, 0.3) is 0 Å². The van der Waals surface area contributed by atoms with Gasteiger partial charge in [-0.15, -0.1) is 0 Å². The molecule has 4 saturated carbocycles. The predicted molar refractivity (Wildman–Crippen MR) is 86.3 cm³/mol. The summed E-state index contributed by atoms with van der Waals surface area (Å²) >= 11 is 0. The van der Waals surface area contributed by atoms with Gasteiger partial charge in [-0.05, 0) is 59.7 Å². The molecule has 0 saturated heterocycles. The molecular weight excluding hydrogens is 272 g/mol. The van der Waals surface area contributed by atoms with Gasteiger partial charge in [0.05, 0.1) is 0 Å². The Hall–Kier alpha value is -0.660. The van der Waals surface area contributed by atoms with Crippen molar-refractivity contribution < 1.29 is 9.59 Å². The summed E-state index contributed by atoms with van der Waals surface area (Å²) in [5, 5.41) is 0. The summed E-state index contributed by atoms with van der Waals surface area (Å²) in [4.78, 5) is 25.2. The molecule has 4 rings (SSSR count). The first-order chi connectivity index (χ1) is 10.2. The van der Waals surface area contributed by atoms with Crippen molar-refractivity contribution in [3.05, 3.63) is 0 Å². The largest absolute Gasteiger partial charge is 0.300 e. The molecule has 0 radical (unpaired) electrons. The molecule has 4 aliphatic rings. The normalized spacial score (nSPS) is 53.1. The van der Waals surface area contributed by atoms with Gasteiger partial charge in [-0.3, -0.25) is 9.59 Å². The molecule has 0 aliphatic heterocycles. The van der Waals surface area contributed by atoms with E-state index in [0.717, 1.165) is 25.7 Å². The minimum absolute atomic E-state index is 0.0573. The van der Waals surface area contributed by atoms with E-state index in [2.05, 4.69) is 27.7 Å². The Morgan fingerprint density at radius 1 is 1.00 bits per heavy atom. The molecule has 0 aromatic heterocycles. The Labute approximate surface area is 134 Å². The second-order valence-corrected chi connectivity index (χ2v) is 10.1. The number of hydrogen-bond acceptors (Lipinski definition) is 2. The third kappa shape index (κ3) is 1.73. The van der Waals surface area contributed by atoms with Gasteiger partial charge in [0.1, 0.15) is 11.6 Å². The number of carbonyl (C=O) groups is 2. The van der Waals surface area contributed by atoms with Crippen molar-refractivity contribution in [3.63, 3.8) is 0 Å². The topological polar surface area (TPSA) is 34.1 Å². The number of hydrogen-bond donors (Lipinski definition) is 0. The Kier molecular flexibility index (Phi) is 2.87. The summed E-state index contributed by atoms with van der Waals surface area (Å²) in [6.07, 6.45) is 7.12. The average molecular weight is 302 g/mol. The van der Waals surface area contributed by atoms with Gasteiger partial charge >= 0.3 is 0 Å². The smallest absolute Gasteiger partial charge is 0.136 e. The fourth-order valence-electron chi connectivity index (χ4n) is 7.75. The summed E-state index contributed by atoms with van der Waals surface area (Å²) in [6.45, 7) is 9.22. The van der Waals surface area contributed by atoms with Gasteiger partial charge in [0.2, 0.25) is 0 Å². The molecule has 2 bridgehead atoms. The highest BCUT2D eigenvalue weighted by molar-refractivity contribution is 5.84. The maximum Gasteiger partial charge on any atom is 0.136 e. The summed E-state index contributed by atoms with van der Waals surface area (Å²) in [6, 6.07) is 0. The van der Waals surface area contributed by atoms with Crippen LogP contribution in [0.5, 0.6) is 0 Å². The molecule has 122 valence electrons. The van der Waals surface area contributed by atoms with Crippen LogP contribution in [0.15, 0.2) is 0 Å². The van der Waals surface area contributed by atoms with Crippen molar-refractivity contribution in [2.45, 2.75) is 72.6 Å². The summed E-state index contributed by atoms with van der Waals surface area (Å²) < 4.78 is 0. The van der Waals surface area contributed by atoms with E-state index in [0.29, 0.717) is 40.7 Å². The molecule has 0 aromatic rings. The third-order valence-corrected chi connectivity index (χ3v) is 8.30. The standard InChI is InChI=1S/C20H30O2/c1-12-8-20-6-5-16-18(2,3)9-13(21)10-19(16,4)17(20)7-15(22)14(12)11-20/h12,14,16-17H,5-11H2,1-4H3. The number of rotatable bonds is 0. The zero-order chi connectivity index (χ0) is 15.9. The Bertz CT molecular complexity index is 548. The van der Waals surface area contributed by atoms with Crippen LogP contribution in [-0.2, 0) is 9.59 Å². The van der Waals surface area contributed by atoms with Crippen LogP contribution in [0.25, 0.3) is 0 Å². The van der Waals surface area contributed by atoms with Crippen LogP contribution in [0.3, 0.4) is 0 Å². The molecule has 2 heteroatoms.